The van der Waals surface area contributed by atoms with Crippen LogP contribution in [-0.4, -0.2) is 23.7 Å². The highest BCUT2D eigenvalue weighted by atomic mass is 16.5. The molecule has 0 aliphatic heterocycles. The molecule has 0 bridgehead atoms. The van der Waals surface area contributed by atoms with Gasteiger partial charge in [-0.3, -0.25) is 9.59 Å². The van der Waals surface area contributed by atoms with Crippen LogP contribution in [-0.2, 0) is 14.3 Å². The molecule has 0 aliphatic rings. The van der Waals surface area contributed by atoms with Crippen molar-refractivity contribution in [2.75, 3.05) is 6.61 Å². The standard InChI is InChI=1S/C30H47NO4/c1-2-3-4-5-6-7-8-9-10-11-12-13-14-15-16-17-18-19-20-21-22-23-28(30(33)34)25-27-35-29(32)24-26-31/h28H,2-12,17-25,27H2,1H3,(H,33,34). The Morgan fingerprint density at radius 3 is 1.71 bits per heavy atom. The number of rotatable bonds is 22. The zero-order valence-electron chi connectivity index (χ0n) is 22.0. The van der Waals surface area contributed by atoms with E-state index in [1.54, 1.807) is 6.07 Å². The lowest BCUT2D eigenvalue weighted by Gasteiger charge is -2.12. The van der Waals surface area contributed by atoms with Crippen LogP contribution in [0.4, 0.5) is 0 Å². The Morgan fingerprint density at radius 1 is 0.743 bits per heavy atom. The molecule has 1 atom stereocenters. The summed E-state index contributed by atoms with van der Waals surface area (Å²) in [5.41, 5.74) is 0. The summed E-state index contributed by atoms with van der Waals surface area (Å²) < 4.78 is 4.87. The molecular formula is C30H47NO4. The summed E-state index contributed by atoms with van der Waals surface area (Å²) >= 11 is 0. The Kier molecular flexibility index (Phi) is 24.3. The molecule has 0 aromatic carbocycles. The van der Waals surface area contributed by atoms with Gasteiger partial charge in [-0.05, 0) is 37.5 Å². The maximum Gasteiger partial charge on any atom is 0.320 e. The van der Waals surface area contributed by atoms with Crippen molar-refractivity contribution < 1.29 is 19.4 Å². The minimum Gasteiger partial charge on any atom is -0.481 e. The molecule has 35 heavy (non-hydrogen) atoms. The molecule has 196 valence electrons. The predicted molar refractivity (Wildman–Crippen MR) is 141 cm³/mol. The molecule has 5 nitrogen and oxygen atoms in total. The van der Waals surface area contributed by atoms with Gasteiger partial charge in [-0.25, -0.2) is 0 Å². The van der Waals surface area contributed by atoms with E-state index in [4.69, 9.17) is 10.00 Å². The van der Waals surface area contributed by atoms with Crippen molar-refractivity contribution >= 4 is 11.9 Å². The molecule has 0 saturated heterocycles. The first-order valence-electron chi connectivity index (χ1n) is 13.8. The van der Waals surface area contributed by atoms with E-state index in [2.05, 4.69) is 30.6 Å². The quantitative estimate of drug-likeness (QED) is 0.0970. The topological polar surface area (TPSA) is 87.4 Å². The van der Waals surface area contributed by atoms with E-state index < -0.39 is 17.9 Å². The molecule has 0 rings (SSSR count). The normalized spacial score (nSPS) is 10.9. The van der Waals surface area contributed by atoms with Crippen LogP contribution in [0.3, 0.4) is 0 Å². The summed E-state index contributed by atoms with van der Waals surface area (Å²) in [5.74, 6) is 10.3. The molecule has 0 spiro atoms. The van der Waals surface area contributed by atoms with Crippen molar-refractivity contribution in [1.29, 1.82) is 5.26 Å². The lowest BCUT2D eigenvalue weighted by molar-refractivity contribution is -0.147. The first-order chi connectivity index (χ1) is 17.1. The first kappa shape index (κ1) is 32.5. The van der Waals surface area contributed by atoms with Crippen molar-refractivity contribution in [3.63, 3.8) is 0 Å². The van der Waals surface area contributed by atoms with Crippen LogP contribution in [0.1, 0.15) is 135 Å². The third-order valence-electron chi connectivity index (χ3n) is 6.05. The van der Waals surface area contributed by atoms with Gasteiger partial charge in [0.05, 0.1) is 18.6 Å². The first-order valence-corrected chi connectivity index (χ1v) is 13.8. The molecule has 0 aliphatic carbocycles. The van der Waals surface area contributed by atoms with Crippen molar-refractivity contribution in [2.24, 2.45) is 5.92 Å². The van der Waals surface area contributed by atoms with E-state index in [0.717, 1.165) is 44.9 Å². The van der Waals surface area contributed by atoms with E-state index in [9.17, 15) is 14.7 Å². The van der Waals surface area contributed by atoms with Crippen LogP contribution < -0.4 is 0 Å². The third-order valence-corrected chi connectivity index (χ3v) is 6.05. The molecule has 0 heterocycles. The van der Waals surface area contributed by atoms with Crippen LogP contribution in [0.2, 0.25) is 0 Å². The molecular weight excluding hydrogens is 438 g/mol. The van der Waals surface area contributed by atoms with Crippen LogP contribution in [0.25, 0.3) is 0 Å². The monoisotopic (exact) mass is 485 g/mol. The summed E-state index contributed by atoms with van der Waals surface area (Å²) in [7, 11) is 0. The Labute approximate surface area is 214 Å². The van der Waals surface area contributed by atoms with Gasteiger partial charge in [0, 0.05) is 12.8 Å². The number of nitriles is 1. The lowest BCUT2D eigenvalue weighted by Crippen LogP contribution is -2.17. The van der Waals surface area contributed by atoms with Gasteiger partial charge in [0.1, 0.15) is 6.42 Å². The number of carboxylic acid groups (broad SMARTS) is 1. The fourth-order valence-corrected chi connectivity index (χ4v) is 3.87. The number of unbranched alkanes of at least 4 members (excludes halogenated alkanes) is 15. The average molecular weight is 486 g/mol. The fraction of sp³-hybridized carbons (Fsp3) is 0.767. The number of nitrogens with zero attached hydrogens (tertiary/aromatic N) is 1. The van der Waals surface area contributed by atoms with Gasteiger partial charge in [0.25, 0.3) is 0 Å². The van der Waals surface area contributed by atoms with E-state index in [1.165, 1.54) is 64.2 Å². The van der Waals surface area contributed by atoms with E-state index in [1.807, 2.05) is 0 Å². The molecule has 5 heteroatoms. The van der Waals surface area contributed by atoms with Crippen molar-refractivity contribution in [3.8, 4) is 29.8 Å². The number of carboxylic acids is 1. The highest BCUT2D eigenvalue weighted by molar-refractivity contribution is 5.72. The Bertz CT molecular complexity index is 702. The summed E-state index contributed by atoms with van der Waals surface area (Å²) in [6.45, 7) is 2.31. The van der Waals surface area contributed by atoms with Gasteiger partial charge in [-0.15, -0.1) is 0 Å². The van der Waals surface area contributed by atoms with Crippen molar-refractivity contribution in [3.05, 3.63) is 0 Å². The summed E-state index contributed by atoms with van der Waals surface area (Å²) in [6, 6.07) is 1.71. The summed E-state index contributed by atoms with van der Waals surface area (Å²) in [6.07, 6.45) is 20.9. The fourth-order valence-electron chi connectivity index (χ4n) is 3.87. The van der Waals surface area contributed by atoms with Crippen LogP contribution in [0, 0.1) is 40.9 Å². The summed E-state index contributed by atoms with van der Waals surface area (Å²) in [4.78, 5) is 22.5. The second-order valence-electron chi connectivity index (χ2n) is 9.22. The van der Waals surface area contributed by atoms with Gasteiger partial charge < -0.3 is 9.84 Å². The molecule has 1 N–H and O–H groups in total. The maximum atomic E-state index is 11.3. The molecule has 0 aromatic heterocycles. The van der Waals surface area contributed by atoms with Gasteiger partial charge in [0.2, 0.25) is 0 Å². The summed E-state index contributed by atoms with van der Waals surface area (Å²) in [5, 5.41) is 17.7. The minimum atomic E-state index is -0.856. The third kappa shape index (κ3) is 24.5. The number of esters is 1. The minimum absolute atomic E-state index is 0.0539. The van der Waals surface area contributed by atoms with Gasteiger partial charge in [-0.1, -0.05) is 102 Å². The van der Waals surface area contributed by atoms with Crippen LogP contribution in [0.15, 0.2) is 0 Å². The Morgan fingerprint density at radius 2 is 1.23 bits per heavy atom. The number of ether oxygens (including phenoxy) is 1. The maximum absolute atomic E-state index is 11.3. The Balaban J connectivity index is 3.57. The lowest BCUT2D eigenvalue weighted by atomic mass is 9.97. The van der Waals surface area contributed by atoms with E-state index in [0.29, 0.717) is 12.8 Å². The number of aliphatic carboxylic acids is 1. The number of carbonyl (C=O) groups excluding carboxylic acids is 1. The van der Waals surface area contributed by atoms with Crippen LogP contribution >= 0.6 is 0 Å². The van der Waals surface area contributed by atoms with Crippen LogP contribution in [0.5, 0.6) is 0 Å². The second-order valence-corrected chi connectivity index (χ2v) is 9.22. The average Bonchev–Trinajstić information content (AvgIpc) is 2.83. The van der Waals surface area contributed by atoms with Crippen molar-refractivity contribution in [1.82, 2.24) is 0 Å². The highest BCUT2D eigenvalue weighted by Gasteiger charge is 2.17. The van der Waals surface area contributed by atoms with E-state index in [-0.39, 0.29) is 13.0 Å². The Hall–Kier alpha value is -2.45. The van der Waals surface area contributed by atoms with E-state index >= 15 is 0 Å². The largest absolute Gasteiger partial charge is 0.481 e. The number of hydrogen-bond acceptors (Lipinski definition) is 4. The van der Waals surface area contributed by atoms with Crippen molar-refractivity contribution in [2.45, 2.75) is 135 Å². The highest BCUT2D eigenvalue weighted by Crippen LogP contribution is 2.16. The molecule has 0 fully saturated rings. The van der Waals surface area contributed by atoms with Gasteiger partial charge >= 0.3 is 11.9 Å². The molecule has 0 saturated carbocycles. The predicted octanol–water partition coefficient (Wildman–Crippen LogP) is 7.58. The molecule has 0 amide bonds. The molecule has 0 aromatic rings. The molecule has 0 radical (unpaired) electrons. The zero-order valence-corrected chi connectivity index (χ0v) is 22.0. The second kappa shape index (κ2) is 26.2. The van der Waals surface area contributed by atoms with Gasteiger partial charge in [-0.2, -0.15) is 5.26 Å². The smallest absolute Gasteiger partial charge is 0.320 e. The zero-order chi connectivity index (χ0) is 25.8. The number of hydrogen-bond donors (Lipinski definition) is 1. The molecule has 1 unspecified atom stereocenters. The number of carbonyl (C=O) groups is 2. The SMILES string of the molecule is CCCCCCCCCCCCC#CC#CCCCCCCCC(CCOC(=O)CC#N)C(=O)O. The van der Waals surface area contributed by atoms with Gasteiger partial charge in [0.15, 0.2) is 0 Å².